The number of hydrogen-bond donors (Lipinski definition) is 1. The van der Waals surface area contributed by atoms with Crippen LogP contribution in [0.2, 0.25) is 5.04 Å². The largest absolute Gasteiger partial charge is 0.424 e. The minimum Gasteiger partial charge on any atom is -0.424 e. The van der Waals surface area contributed by atoms with Crippen LogP contribution in [0.4, 0.5) is 0 Å². The van der Waals surface area contributed by atoms with Crippen molar-refractivity contribution in [3.05, 3.63) is 86.0 Å². The normalized spacial score (nSPS) is 12.1. The Bertz CT molecular complexity index is 825. The fourth-order valence-electron chi connectivity index (χ4n) is 6.38. The highest BCUT2D eigenvalue weighted by Gasteiger charge is 2.50. The third-order valence-electron chi connectivity index (χ3n) is 8.70. The topological polar surface area (TPSA) is 20.2 Å². The summed E-state index contributed by atoms with van der Waals surface area (Å²) >= 11 is 0. The Morgan fingerprint density at radius 1 is 0.615 bits per heavy atom. The first-order valence-corrected chi connectivity index (χ1v) is 18.0. The molecule has 0 heterocycles. The molecule has 0 aromatic heterocycles. The monoisotopic (exact) mass is 546 g/mol. The van der Waals surface area contributed by atoms with Crippen LogP contribution in [0.3, 0.4) is 0 Å². The molecule has 0 aliphatic carbocycles. The van der Waals surface area contributed by atoms with Crippen molar-refractivity contribution in [3.63, 3.8) is 0 Å². The van der Waals surface area contributed by atoms with Gasteiger partial charge in [-0.1, -0.05) is 164 Å². The standard InChI is InChI=1S/C37H58OSi/c1-5-7-9-11-13-15-17-21-27-34(28-22-18-16-14-12-10-8-6-2)33-37(3,4)39(38,35-29-23-19-24-30-35)36-31-25-20-26-32-36/h5-6,19-20,23-26,29-32,34,38H,1-2,7-18,21-22,27-28,33H2,3-4H3. The summed E-state index contributed by atoms with van der Waals surface area (Å²) < 4.78 is 0. The first-order valence-electron chi connectivity index (χ1n) is 16.0. The van der Waals surface area contributed by atoms with Crippen molar-refractivity contribution >= 4 is 18.7 Å². The Hall–Kier alpha value is -1.90. The average Bonchev–Trinajstić information content (AvgIpc) is 2.96. The Morgan fingerprint density at radius 3 is 1.36 bits per heavy atom. The minimum atomic E-state index is -2.95. The highest BCUT2D eigenvalue weighted by Crippen LogP contribution is 2.43. The molecular formula is C37H58OSi. The zero-order valence-corrected chi connectivity index (χ0v) is 26.4. The molecule has 216 valence electrons. The zero-order chi connectivity index (χ0) is 28.2. The van der Waals surface area contributed by atoms with Gasteiger partial charge in [-0.05, 0) is 53.4 Å². The van der Waals surface area contributed by atoms with Gasteiger partial charge in [0.15, 0.2) is 0 Å². The van der Waals surface area contributed by atoms with Gasteiger partial charge in [0.1, 0.15) is 0 Å². The van der Waals surface area contributed by atoms with Crippen molar-refractivity contribution in [1.82, 2.24) is 0 Å². The molecule has 0 saturated heterocycles. The lowest BCUT2D eigenvalue weighted by Gasteiger charge is -2.43. The molecule has 0 saturated carbocycles. The minimum absolute atomic E-state index is 0.157. The maximum atomic E-state index is 12.7. The van der Waals surface area contributed by atoms with E-state index in [1.807, 2.05) is 12.2 Å². The number of unbranched alkanes of at least 4 members (excludes halogenated alkanes) is 12. The Balaban J connectivity index is 2.06. The van der Waals surface area contributed by atoms with Crippen molar-refractivity contribution < 1.29 is 4.80 Å². The second kappa shape index (κ2) is 19.2. The smallest absolute Gasteiger partial charge is 0.258 e. The van der Waals surface area contributed by atoms with Gasteiger partial charge in [-0.25, -0.2) is 0 Å². The van der Waals surface area contributed by atoms with Crippen molar-refractivity contribution in [1.29, 1.82) is 0 Å². The van der Waals surface area contributed by atoms with E-state index in [4.69, 9.17) is 0 Å². The van der Waals surface area contributed by atoms with Gasteiger partial charge in [-0.2, -0.15) is 0 Å². The Morgan fingerprint density at radius 2 is 0.974 bits per heavy atom. The van der Waals surface area contributed by atoms with E-state index in [0.717, 1.165) is 29.6 Å². The van der Waals surface area contributed by atoms with Crippen LogP contribution in [0.15, 0.2) is 86.0 Å². The van der Waals surface area contributed by atoms with E-state index >= 15 is 0 Å². The molecule has 2 heteroatoms. The van der Waals surface area contributed by atoms with Crippen LogP contribution in [0, 0.1) is 5.92 Å². The van der Waals surface area contributed by atoms with E-state index in [-0.39, 0.29) is 5.04 Å². The summed E-state index contributed by atoms with van der Waals surface area (Å²) in [7, 11) is -2.95. The van der Waals surface area contributed by atoms with E-state index in [9.17, 15) is 4.80 Å². The third-order valence-corrected chi connectivity index (χ3v) is 13.2. The molecule has 0 radical (unpaired) electrons. The summed E-state index contributed by atoms with van der Waals surface area (Å²) in [6.07, 6.45) is 26.1. The molecule has 2 aromatic carbocycles. The summed E-state index contributed by atoms with van der Waals surface area (Å²) in [5.41, 5.74) is 0. The first kappa shape index (κ1) is 33.3. The second-order valence-electron chi connectivity index (χ2n) is 12.4. The molecule has 2 rings (SSSR count). The van der Waals surface area contributed by atoms with Gasteiger partial charge < -0.3 is 4.80 Å². The predicted molar refractivity (Wildman–Crippen MR) is 177 cm³/mol. The molecule has 0 spiro atoms. The van der Waals surface area contributed by atoms with Crippen molar-refractivity contribution in [2.75, 3.05) is 0 Å². The average molecular weight is 547 g/mol. The van der Waals surface area contributed by atoms with Crippen LogP contribution in [0.1, 0.15) is 123 Å². The summed E-state index contributed by atoms with van der Waals surface area (Å²) in [5, 5.41) is 2.12. The van der Waals surface area contributed by atoms with Crippen LogP contribution in [0.5, 0.6) is 0 Å². The Labute approximate surface area is 243 Å². The van der Waals surface area contributed by atoms with Crippen molar-refractivity contribution in [2.24, 2.45) is 5.92 Å². The third kappa shape index (κ3) is 11.6. The van der Waals surface area contributed by atoms with Crippen LogP contribution < -0.4 is 10.4 Å². The molecule has 1 N–H and O–H groups in total. The van der Waals surface area contributed by atoms with Crippen molar-refractivity contribution in [2.45, 2.75) is 128 Å². The first-order chi connectivity index (χ1) is 19.0. The van der Waals surface area contributed by atoms with E-state index in [1.54, 1.807) is 0 Å². The lowest BCUT2D eigenvalue weighted by molar-refractivity contribution is 0.326. The maximum absolute atomic E-state index is 12.7. The van der Waals surface area contributed by atoms with Gasteiger partial charge in [-0.3, -0.25) is 0 Å². The molecule has 1 nitrogen and oxygen atoms in total. The van der Waals surface area contributed by atoms with Gasteiger partial charge in [0.05, 0.1) is 0 Å². The number of hydrogen-bond acceptors (Lipinski definition) is 1. The summed E-state index contributed by atoms with van der Waals surface area (Å²) in [5.74, 6) is 0.674. The lowest BCUT2D eigenvalue weighted by Crippen LogP contribution is -2.65. The highest BCUT2D eigenvalue weighted by atomic mass is 28.4. The van der Waals surface area contributed by atoms with Crippen LogP contribution >= 0.6 is 0 Å². The number of benzene rings is 2. The zero-order valence-electron chi connectivity index (χ0n) is 25.4. The van der Waals surface area contributed by atoms with Gasteiger partial charge in [-0.15, -0.1) is 13.2 Å². The van der Waals surface area contributed by atoms with E-state index < -0.39 is 8.32 Å². The predicted octanol–water partition coefficient (Wildman–Crippen LogP) is 10.1. The quantitative estimate of drug-likeness (QED) is 0.0835. The molecule has 0 atom stereocenters. The second-order valence-corrected chi connectivity index (χ2v) is 16.3. The molecule has 0 fully saturated rings. The fourth-order valence-corrected chi connectivity index (χ4v) is 10.2. The summed E-state index contributed by atoms with van der Waals surface area (Å²) in [4.78, 5) is 12.7. The Kier molecular flexibility index (Phi) is 16.4. The molecule has 0 aliphatic rings. The molecule has 0 unspecified atom stereocenters. The maximum Gasteiger partial charge on any atom is 0.258 e. The van der Waals surface area contributed by atoms with Gasteiger partial charge in [0, 0.05) is 0 Å². The van der Waals surface area contributed by atoms with Crippen LogP contribution in [0.25, 0.3) is 0 Å². The molecule has 2 aromatic rings. The SMILES string of the molecule is C=CCCCCCCCCC(CCCCCCCCC=C)CC(C)(C)[Si](O)(c1ccccc1)c1ccccc1. The number of rotatable bonds is 23. The van der Waals surface area contributed by atoms with Crippen LogP contribution in [-0.4, -0.2) is 13.1 Å². The summed E-state index contributed by atoms with van der Waals surface area (Å²) in [6.45, 7) is 12.4. The fraction of sp³-hybridized carbons (Fsp3) is 0.568. The molecule has 39 heavy (non-hydrogen) atoms. The molecule has 0 bridgehead atoms. The van der Waals surface area contributed by atoms with Gasteiger partial charge >= 0.3 is 0 Å². The molecule has 0 amide bonds. The lowest BCUT2D eigenvalue weighted by atomic mass is 9.87. The van der Waals surface area contributed by atoms with Gasteiger partial charge in [0.25, 0.3) is 8.32 Å². The van der Waals surface area contributed by atoms with Crippen molar-refractivity contribution in [3.8, 4) is 0 Å². The molecule has 0 aliphatic heterocycles. The van der Waals surface area contributed by atoms with E-state index in [2.05, 4.69) is 87.7 Å². The highest BCUT2D eigenvalue weighted by molar-refractivity contribution is 6.98. The van der Waals surface area contributed by atoms with Gasteiger partial charge in [0.2, 0.25) is 0 Å². The van der Waals surface area contributed by atoms with Crippen LogP contribution in [-0.2, 0) is 0 Å². The van der Waals surface area contributed by atoms with E-state index in [0.29, 0.717) is 5.92 Å². The summed E-state index contributed by atoms with van der Waals surface area (Å²) in [6, 6.07) is 21.1. The van der Waals surface area contributed by atoms with E-state index in [1.165, 1.54) is 89.9 Å². The molecular weight excluding hydrogens is 488 g/mol. The number of allylic oxidation sites excluding steroid dienone is 2.